The Kier molecular flexibility index (Phi) is 10.8. The number of rotatable bonds is 4. The minimum atomic E-state index is -3.33. The summed E-state index contributed by atoms with van der Waals surface area (Å²) in [5.41, 5.74) is 2.62. The summed E-state index contributed by atoms with van der Waals surface area (Å²) in [7, 11) is -3.33. The van der Waals surface area contributed by atoms with Gasteiger partial charge in [-0.05, 0) is 19.8 Å². The van der Waals surface area contributed by atoms with Gasteiger partial charge in [0.1, 0.15) is 0 Å². The minimum absolute atomic E-state index is 0. The van der Waals surface area contributed by atoms with E-state index in [1.807, 2.05) is 0 Å². The summed E-state index contributed by atoms with van der Waals surface area (Å²) in [5.74, 6) is 0.0206. The Balaban J connectivity index is 0. The van der Waals surface area contributed by atoms with Gasteiger partial charge in [-0.1, -0.05) is 19.3 Å². The molecular weight excluding hydrogens is 229 g/mol. The van der Waals surface area contributed by atoms with Gasteiger partial charge in [-0.25, -0.2) is 0 Å². The normalized spacial score (nSPS) is 17.7. The molecule has 5 nitrogen and oxygen atoms in total. The second-order valence-electron chi connectivity index (χ2n) is 3.38. The van der Waals surface area contributed by atoms with Gasteiger partial charge in [0.15, 0.2) is 0 Å². The quantitative estimate of drug-likeness (QED) is 0.548. The van der Waals surface area contributed by atoms with E-state index >= 15 is 0 Å². The fourth-order valence-electron chi connectivity index (χ4n) is 1.42. The van der Waals surface area contributed by atoms with Crippen molar-refractivity contribution in [2.24, 2.45) is 0 Å². The number of hydrogen-bond acceptors (Lipinski definition) is 4. The molecule has 0 bridgehead atoms. The molecule has 0 radical (unpaired) electrons. The Morgan fingerprint density at radius 3 is 2.27 bits per heavy atom. The van der Waals surface area contributed by atoms with Gasteiger partial charge >= 0.3 is 29.6 Å². The predicted octanol–water partition coefficient (Wildman–Crippen LogP) is -0.283. The summed E-state index contributed by atoms with van der Waals surface area (Å²) >= 11 is 0. The van der Waals surface area contributed by atoms with Gasteiger partial charge in [-0.15, -0.1) is 0 Å². The molecule has 0 saturated heterocycles. The first kappa shape index (κ1) is 18.2. The van der Waals surface area contributed by atoms with E-state index in [9.17, 15) is 8.42 Å². The van der Waals surface area contributed by atoms with Crippen LogP contribution in [0.15, 0.2) is 0 Å². The summed E-state index contributed by atoms with van der Waals surface area (Å²) in [5, 5.41) is 0. The fraction of sp³-hybridized carbons (Fsp3) is 1.00. The van der Waals surface area contributed by atoms with Crippen LogP contribution in [0.2, 0.25) is 0 Å². The van der Waals surface area contributed by atoms with E-state index in [-0.39, 0.29) is 46.8 Å². The second kappa shape index (κ2) is 8.92. The molecule has 88 valence electrons. The van der Waals surface area contributed by atoms with Crippen LogP contribution in [0.4, 0.5) is 0 Å². The molecule has 1 saturated carbocycles. The van der Waals surface area contributed by atoms with Crippen molar-refractivity contribution < 1.29 is 18.2 Å². The molecule has 0 spiro atoms. The van der Waals surface area contributed by atoms with Crippen molar-refractivity contribution in [1.29, 1.82) is 0 Å². The molecule has 15 heavy (non-hydrogen) atoms. The van der Waals surface area contributed by atoms with Crippen LogP contribution in [0.3, 0.4) is 0 Å². The van der Waals surface area contributed by atoms with Crippen LogP contribution >= 0.6 is 0 Å². The van der Waals surface area contributed by atoms with Crippen LogP contribution in [-0.2, 0) is 14.4 Å². The van der Waals surface area contributed by atoms with Crippen LogP contribution in [0.1, 0.15) is 39.0 Å². The third-order valence-electron chi connectivity index (χ3n) is 2.30. The first-order valence-corrected chi connectivity index (χ1v) is 6.38. The molecule has 1 aliphatic rings. The van der Waals surface area contributed by atoms with Gasteiger partial charge in [-0.3, -0.25) is 0 Å². The Hall–Kier alpha value is 0.830. The molecule has 1 aliphatic carbocycles. The fourth-order valence-corrected chi connectivity index (χ4v) is 1.82. The van der Waals surface area contributed by atoms with Crippen molar-refractivity contribution >= 4 is 39.7 Å². The van der Waals surface area contributed by atoms with Gasteiger partial charge < -0.3 is 5.48 Å². The molecule has 0 heterocycles. The van der Waals surface area contributed by atoms with E-state index in [2.05, 4.69) is 9.76 Å². The van der Waals surface area contributed by atoms with E-state index in [1.54, 1.807) is 6.92 Å². The Labute approximate surface area is 114 Å². The average Bonchev–Trinajstić information content (AvgIpc) is 2.17. The number of hydrogen-bond donors (Lipinski definition) is 1. The number of hydroxylamine groups is 1. The Morgan fingerprint density at radius 1 is 1.27 bits per heavy atom. The van der Waals surface area contributed by atoms with Crippen molar-refractivity contribution in [3.05, 3.63) is 0 Å². The summed E-state index contributed by atoms with van der Waals surface area (Å²) in [6.45, 7) is 1.57. The third-order valence-corrected chi connectivity index (χ3v) is 3.36. The summed E-state index contributed by atoms with van der Waals surface area (Å²) in [4.78, 5) is 0. The van der Waals surface area contributed by atoms with Crippen LogP contribution < -0.4 is 5.48 Å². The standard InChI is InChI=1S/C8H17NO3S.Na.H2O.H/c1-2-13(10,11)12-9-8-6-4-3-5-7-8;;;/h8-9H,2-7H2,1H3;;1H2;. The van der Waals surface area contributed by atoms with Crippen LogP contribution in [-0.4, -0.2) is 55.2 Å². The molecule has 0 amide bonds. The van der Waals surface area contributed by atoms with Crippen LogP contribution in [0, 0.1) is 0 Å². The van der Waals surface area contributed by atoms with E-state index in [0.717, 1.165) is 25.7 Å². The van der Waals surface area contributed by atoms with Gasteiger partial charge in [-0.2, -0.15) is 18.2 Å². The van der Waals surface area contributed by atoms with Crippen LogP contribution in [0.25, 0.3) is 0 Å². The van der Waals surface area contributed by atoms with Crippen molar-refractivity contribution in [3.63, 3.8) is 0 Å². The second-order valence-corrected chi connectivity index (χ2v) is 5.24. The van der Waals surface area contributed by atoms with E-state index in [0.29, 0.717) is 0 Å². The molecule has 0 aromatic carbocycles. The molecule has 0 atom stereocenters. The summed E-state index contributed by atoms with van der Waals surface area (Å²) in [6, 6.07) is 0.218. The molecule has 0 aromatic heterocycles. The molecule has 1 fully saturated rings. The molecule has 7 heteroatoms. The van der Waals surface area contributed by atoms with Crippen molar-refractivity contribution in [1.82, 2.24) is 5.48 Å². The Morgan fingerprint density at radius 2 is 1.80 bits per heavy atom. The molecular formula is C8H20NNaO4S. The van der Waals surface area contributed by atoms with Gasteiger partial charge in [0, 0.05) is 6.04 Å². The van der Waals surface area contributed by atoms with E-state index in [4.69, 9.17) is 0 Å². The summed E-state index contributed by atoms with van der Waals surface area (Å²) < 4.78 is 26.6. The predicted molar refractivity (Wildman–Crippen MR) is 61.3 cm³/mol. The first-order valence-electron chi connectivity index (χ1n) is 4.81. The maximum atomic E-state index is 11.0. The van der Waals surface area contributed by atoms with Gasteiger partial charge in [0.05, 0.1) is 5.75 Å². The van der Waals surface area contributed by atoms with Crippen molar-refractivity contribution in [3.8, 4) is 0 Å². The summed E-state index contributed by atoms with van der Waals surface area (Å²) in [6.07, 6.45) is 5.59. The zero-order chi connectivity index (χ0) is 9.73. The van der Waals surface area contributed by atoms with E-state index < -0.39 is 10.1 Å². The van der Waals surface area contributed by atoms with Gasteiger partial charge in [0.2, 0.25) is 0 Å². The van der Waals surface area contributed by atoms with Crippen molar-refractivity contribution in [2.75, 3.05) is 5.75 Å². The first-order chi connectivity index (χ1) is 6.14. The number of nitrogens with one attached hydrogen (secondary N) is 1. The SMILES string of the molecule is CCS(=O)(=O)ONC1CCCCC1.O.[NaH]. The molecule has 0 aliphatic heterocycles. The van der Waals surface area contributed by atoms with E-state index in [1.165, 1.54) is 6.42 Å². The molecule has 1 rings (SSSR count). The van der Waals surface area contributed by atoms with Crippen molar-refractivity contribution in [2.45, 2.75) is 45.1 Å². The zero-order valence-electron chi connectivity index (χ0n) is 8.45. The topological polar surface area (TPSA) is 86.9 Å². The zero-order valence-corrected chi connectivity index (χ0v) is 9.27. The maximum absolute atomic E-state index is 11.0. The molecule has 0 unspecified atom stereocenters. The molecule has 0 aromatic rings. The molecule has 3 N–H and O–H groups in total. The average molecular weight is 249 g/mol. The monoisotopic (exact) mass is 249 g/mol. The van der Waals surface area contributed by atoms with Crippen LogP contribution in [0.5, 0.6) is 0 Å². The van der Waals surface area contributed by atoms with Gasteiger partial charge in [0.25, 0.3) is 10.1 Å². The third kappa shape index (κ3) is 7.68. The Bertz CT molecular complexity index is 239.